The van der Waals surface area contributed by atoms with E-state index in [9.17, 15) is 0 Å². The molecule has 1 aromatic heterocycles. The second-order valence-electron chi connectivity index (χ2n) is 5.33. The summed E-state index contributed by atoms with van der Waals surface area (Å²) >= 11 is 0. The molecular weight excluding hydrogens is 262 g/mol. The van der Waals surface area contributed by atoms with Gasteiger partial charge in [0.05, 0.1) is 11.9 Å². The quantitative estimate of drug-likeness (QED) is 0.654. The second kappa shape index (κ2) is 7.47. The van der Waals surface area contributed by atoms with Crippen LogP contribution in [0.3, 0.4) is 0 Å². The summed E-state index contributed by atoms with van der Waals surface area (Å²) < 4.78 is 1.88. The maximum Gasteiger partial charge on any atom is 0.191 e. The van der Waals surface area contributed by atoms with E-state index >= 15 is 0 Å². The summed E-state index contributed by atoms with van der Waals surface area (Å²) in [7, 11) is 1.78. The van der Waals surface area contributed by atoms with Crippen molar-refractivity contribution in [3.05, 3.63) is 48.3 Å². The molecule has 0 fully saturated rings. The van der Waals surface area contributed by atoms with Crippen LogP contribution in [-0.2, 0) is 6.54 Å². The molecule has 0 spiro atoms. The maximum atomic E-state index is 4.38. The van der Waals surface area contributed by atoms with Crippen molar-refractivity contribution in [1.82, 2.24) is 20.4 Å². The first kappa shape index (κ1) is 15.1. The summed E-state index contributed by atoms with van der Waals surface area (Å²) in [6.45, 7) is 5.95. The van der Waals surface area contributed by atoms with Gasteiger partial charge in [0.1, 0.15) is 0 Å². The Kier molecular flexibility index (Phi) is 5.37. The Morgan fingerprint density at radius 2 is 2.00 bits per heavy atom. The summed E-state index contributed by atoms with van der Waals surface area (Å²) in [5, 5.41) is 11.0. The van der Waals surface area contributed by atoms with Crippen LogP contribution in [0.5, 0.6) is 0 Å². The fraction of sp³-hybridized carbons (Fsp3) is 0.375. The number of guanidine groups is 1. The van der Waals surface area contributed by atoms with Gasteiger partial charge in [-0.1, -0.05) is 32.0 Å². The molecule has 5 heteroatoms. The lowest BCUT2D eigenvalue weighted by Gasteiger charge is -2.12. The lowest BCUT2D eigenvalue weighted by molar-refractivity contribution is 0.614. The number of hydrogen-bond acceptors (Lipinski definition) is 2. The number of hydrogen-bond donors (Lipinski definition) is 2. The van der Waals surface area contributed by atoms with E-state index in [-0.39, 0.29) is 0 Å². The van der Waals surface area contributed by atoms with Gasteiger partial charge in [-0.2, -0.15) is 5.10 Å². The van der Waals surface area contributed by atoms with Gasteiger partial charge in [0, 0.05) is 31.9 Å². The number of benzene rings is 1. The molecule has 21 heavy (non-hydrogen) atoms. The average Bonchev–Trinajstić information content (AvgIpc) is 2.97. The molecule has 0 amide bonds. The smallest absolute Gasteiger partial charge is 0.191 e. The molecule has 0 aliphatic heterocycles. The first-order valence-corrected chi connectivity index (χ1v) is 7.22. The summed E-state index contributed by atoms with van der Waals surface area (Å²) in [6, 6.07) is 10.1. The summed E-state index contributed by atoms with van der Waals surface area (Å²) in [4.78, 5) is 4.21. The number of aliphatic imine (C=N–C) groups is 1. The van der Waals surface area contributed by atoms with E-state index in [0.29, 0.717) is 12.5 Å². The minimum Gasteiger partial charge on any atom is -0.356 e. The highest BCUT2D eigenvalue weighted by Gasteiger charge is 2.03. The van der Waals surface area contributed by atoms with E-state index in [1.54, 1.807) is 7.05 Å². The summed E-state index contributed by atoms with van der Waals surface area (Å²) in [5.74, 6) is 1.40. The van der Waals surface area contributed by atoms with Crippen LogP contribution in [0.25, 0.3) is 5.69 Å². The number of nitrogens with zero attached hydrogens (tertiary/aromatic N) is 3. The van der Waals surface area contributed by atoms with Crippen molar-refractivity contribution in [3.63, 3.8) is 0 Å². The number of aromatic nitrogens is 2. The largest absolute Gasteiger partial charge is 0.356 e. The van der Waals surface area contributed by atoms with Crippen molar-refractivity contribution in [2.45, 2.75) is 20.4 Å². The first-order chi connectivity index (χ1) is 10.2. The van der Waals surface area contributed by atoms with Crippen LogP contribution in [0.15, 0.2) is 47.7 Å². The fourth-order valence-electron chi connectivity index (χ4n) is 1.88. The monoisotopic (exact) mass is 285 g/mol. The lowest BCUT2D eigenvalue weighted by atomic mass is 10.2. The van der Waals surface area contributed by atoms with Gasteiger partial charge in [0.2, 0.25) is 0 Å². The van der Waals surface area contributed by atoms with Gasteiger partial charge in [-0.15, -0.1) is 0 Å². The van der Waals surface area contributed by atoms with E-state index in [0.717, 1.165) is 23.8 Å². The minimum atomic E-state index is 0.587. The third-order valence-corrected chi connectivity index (χ3v) is 3.02. The Morgan fingerprint density at radius 3 is 2.67 bits per heavy atom. The third-order valence-electron chi connectivity index (χ3n) is 3.02. The van der Waals surface area contributed by atoms with Gasteiger partial charge in [-0.3, -0.25) is 4.99 Å². The predicted octanol–water partition coefficient (Wildman–Crippen LogP) is 2.19. The van der Waals surface area contributed by atoms with E-state index in [4.69, 9.17) is 0 Å². The van der Waals surface area contributed by atoms with Crippen LogP contribution in [0.4, 0.5) is 0 Å². The number of para-hydroxylation sites is 1. The van der Waals surface area contributed by atoms with Crippen molar-refractivity contribution in [3.8, 4) is 5.69 Å². The van der Waals surface area contributed by atoms with Crippen molar-refractivity contribution < 1.29 is 0 Å². The minimum absolute atomic E-state index is 0.587. The Labute approximate surface area is 126 Å². The van der Waals surface area contributed by atoms with Crippen molar-refractivity contribution in [2.75, 3.05) is 13.6 Å². The van der Waals surface area contributed by atoms with Gasteiger partial charge < -0.3 is 10.6 Å². The molecule has 1 aromatic carbocycles. The van der Waals surface area contributed by atoms with Gasteiger partial charge >= 0.3 is 0 Å². The van der Waals surface area contributed by atoms with E-state index in [1.165, 1.54) is 0 Å². The zero-order valence-corrected chi connectivity index (χ0v) is 12.9. The zero-order chi connectivity index (χ0) is 15.1. The molecule has 5 nitrogen and oxygen atoms in total. The van der Waals surface area contributed by atoms with Gasteiger partial charge in [0.25, 0.3) is 0 Å². The molecule has 0 atom stereocenters. The summed E-state index contributed by atoms with van der Waals surface area (Å²) in [6.07, 6.45) is 3.90. The molecule has 0 aliphatic carbocycles. The molecule has 0 saturated heterocycles. The van der Waals surface area contributed by atoms with Crippen molar-refractivity contribution in [1.29, 1.82) is 0 Å². The number of nitrogens with one attached hydrogen (secondary N) is 2. The highest BCUT2D eigenvalue weighted by Crippen LogP contribution is 2.07. The van der Waals surface area contributed by atoms with Crippen molar-refractivity contribution >= 4 is 5.96 Å². The first-order valence-electron chi connectivity index (χ1n) is 7.22. The molecular formula is C16H23N5. The van der Waals surface area contributed by atoms with Gasteiger partial charge in [0.15, 0.2) is 5.96 Å². The van der Waals surface area contributed by atoms with E-state index < -0.39 is 0 Å². The Balaban J connectivity index is 1.91. The van der Waals surface area contributed by atoms with Crippen LogP contribution in [0, 0.1) is 5.92 Å². The molecule has 2 aromatic rings. The topological polar surface area (TPSA) is 54.2 Å². The second-order valence-corrected chi connectivity index (χ2v) is 5.33. The zero-order valence-electron chi connectivity index (χ0n) is 12.9. The molecule has 0 bridgehead atoms. The van der Waals surface area contributed by atoms with Gasteiger partial charge in [-0.25, -0.2) is 4.68 Å². The Hall–Kier alpha value is -2.30. The normalized spacial score (nSPS) is 11.7. The maximum absolute atomic E-state index is 4.38. The molecule has 0 aliphatic rings. The van der Waals surface area contributed by atoms with E-state index in [2.05, 4.69) is 34.6 Å². The molecule has 0 radical (unpaired) electrons. The lowest BCUT2D eigenvalue weighted by Crippen LogP contribution is -2.38. The van der Waals surface area contributed by atoms with Crippen LogP contribution >= 0.6 is 0 Å². The molecule has 0 saturated carbocycles. The summed E-state index contributed by atoms with van der Waals surface area (Å²) in [5.41, 5.74) is 2.18. The Morgan fingerprint density at radius 1 is 1.24 bits per heavy atom. The molecule has 112 valence electrons. The fourth-order valence-corrected chi connectivity index (χ4v) is 1.88. The van der Waals surface area contributed by atoms with Crippen LogP contribution in [0.1, 0.15) is 19.4 Å². The SMILES string of the molecule is CN=C(NCc1cnn(-c2ccccc2)c1)NCC(C)C. The molecule has 2 N–H and O–H groups in total. The molecule has 2 rings (SSSR count). The highest BCUT2D eigenvalue weighted by molar-refractivity contribution is 5.79. The third kappa shape index (κ3) is 4.63. The van der Waals surface area contributed by atoms with Crippen molar-refractivity contribution in [2.24, 2.45) is 10.9 Å². The van der Waals surface area contributed by atoms with E-state index in [1.807, 2.05) is 47.4 Å². The molecule has 1 heterocycles. The Bertz CT molecular complexity index is 571. The van der Waals surface area contributed by atoms with Crippen LogP contribution in [0.2, 0.25) is 0 Å². The number of rotatable bonds is 5. The standard InChI is InChI=1S/C16H23N5/c1-13(2)9-18-16(17-3)19-10-14-11-20-21(12-14)15-7-5-4-6-8-15/h4-8,11-13H,9-10H2,1-3H3,(H2,17,18,19). The predicted molar refractivity (Wildman–Crippen MR) is 86.6 cm³/mol. The van der Waals surface area contributed by atoms with Gasteiger partial charge in [-0.05, 0) is 18.1 Å². The molecule has 0 unspecified atom stereocenters. The van der Waals surface area contributed by atoms with Crippen LogP contribution < -0.4 is 10.6 Å². The van der Waals surface area contributed by atoms with Crippen LogP contribution in [-0.4, -0.2) is 29.3 Å². The highest BCUT2D eigenvalue weighted by atomic mass is 15.3. The average molecular weight is 285 g/mol.